The van der Waals surface area contributed by atoms with Crippen LogP contribution >= 0.6 is 11.6 Å². The molecule has 3 rings (SSSR count). The summed E-state index contributed by atoms with van der Waals surface area (Å²) in [4.78, 5) is 3.39. The summed E-state index contributed by atoms with van der Waals surface area (Å²) in [5.74, 6) is 0.102. The number of aliphatic imine (C=N–C) groups is 1. The largest absolute Gasteiger partial charge is 0.507 e. The van der Waals surface area contributed by atoms with Gasteiger partial charge in [-0.3, -0.25) is 4.99 Å². The van der Waals surface area contributed by atoms with Gasteiger partial charge < -0.3 is 15.3 Å². The lowest BCUT2D eigenvalue weighted by molar-refractivity contribution is -0.0577. The smallest absolute Gasteiger partial charge is 0.432 e. The zero-order valence-electron chi connectivity index (χ0n) is 22.0. The zero-order valence-corrected chi connectivity index (χ0v) is 22.8. The number of nitrogens with one attached hydrogen (secondary N) is 1. The third-order valence-corrected chi connectivity index (χ3v) is 6.13. The highest BCUT2D eigenvalue weighted by molar-refractivity contribution is 6.30. The van der Waals surface area contributed by atoms with E-state index in [1.165, 1.54) is 6.07 Å². The Hall–Kier alpha value is -4.04. The van der Waals surface area contributed by atoms with Gasteiger partial charge >= 0.3 is 6.18 Å². The molecular formula is C30H29ClF3N3O2. The minimum atomic E-state index is -4.67. The molecule has 0 bridgehead atoms. The van der Waals surface area contributed by atoms with Gasteiger partial charge in [0, 0.05) is 24.7 Å². The Morgan fingerprint density at radius 3 is 2.23 bits per heavy atom. The molecule has 0 aliphatic rings. The Balaban J connectivity index is 2.17. The van der Waals surface area contributed by atoms with Crippen LogP contribution in [-0.4, -0.2) is 36.8 Å². The number of benzene rings is 3. The van der Waals surface area contributed by atoms with Gasteiger partial charge in [-0.1, -0.05) is 60.2 Å². The first-order valence-corrected chi connectivity index (χ1v) is 12.3. The van der Waals surface area contributed by atoms with E-state index in [1.54, 1.807) is 44.3 Å². The predicted molar refractivity (Wildman–Crippen MR) is 153 cm³/mol. The minimum absolute atomic E-state index is 0.101. The van der Waals surface area contributed by atoms with E-state index in [-0.39, 0.29) is 23.5 Å². The maximum atomic E-state index is 13.5. The Morgan fingerprint density at radius 2 is 1.69 bits per heavy atom. The Bertz CT molecular complexity index is 1430. The highest BCUT2D eigenvalue weighted by Crippen LogP contribution is 2.44. The first-order valence-electron chi connectivity index (χ1n) is 11.9. The van der Waals surface area contributed by atoms with Crippen molar-refractivity contribution in [2.45, 2.75) is 26.6 Å². The molecule has 0 saturated carbocycles. The summed E-state index contributed by atoms with van der Waals surface area (Å²) in [6.45, 7) is 7.43. The van der Waals surface area contributed by atoms with Crippen molar-refractivity contribution in [1.29, 1.82) is 0 Å². The molecule has 0 fully saturated rings. The van der Waals surface area contributed by atoms with E-state index in [0.717, 1.165) is 30.0 Å². The lowest BCUT2D eigenvalue weighted by atomic mass is 9.92. The second-order valence-electron chi connectivity index (χ2n) is 8.69. The number of hydrogen-bond donors (Lipinski definition) is 2. The van der Waals surface area contributed by atoms with Gasteiger partial charge in [0.25, 0.3) is 0 Å². The maximum Gasteiger partial charge on any atom is 0.432 e. The number of allylic oxidation sites excluding steroid dienone is 3. The maximum absolute atomic E-state index is 13.5. The van der Waals surface area contributed by atoms with E-state index in [2.05, 4.69) is 22.1 Å². The van der Waals surface area contributed by atoms with Crippen molar-refractivity contribution >= 4 is 28.6 Å². The topological polar surface area (TPSA) is 66.2 Å². The van der Waals surface area contributed by atoms with E-state index < -0.39 is 11.9 Å². The number of halogens is 4. The Morgan fingerprint density at radius 1 is 1.05 bits per heavy atom. The number of hydrazone groups is 1. The summed E-state index contributed by atoms with van der Waals surface area (Å²) in [6, 6.07) is 17.5. The Kier molecular flexibility index (Phi) is 9.59. The van der Waals surface area contributed by atoms with E-state index in [0.29, 0.717) is 27.5 Å². The molecule has 0 saturated heterocycles. The van der Waals surface area contributed by atoms with Gasteiger partial charge in [-0.05, 0) is 66.5 Å². The molecule has 9 heteroatoms. The van der Waals surface area contributed by atoms with Crippen LogP contribution < -0.4 is 10.2 Å². The fraction of sp³-hybridized carbons (Fsp3) is 0.200. The molecule has 0 aliphatic heterocycles. The van der Waals surface area contributed by atoms with Crippen molar-refractivity contribution in [1.82, 2.24) is 5.43 Å². The first kappa shape index (κ1) is 29.5. The molecule has 2 N–H and O–H groups in total. The molecule has 0 radical (unpaired) electrons. The number of phenols is 1. The molecule has 0 unspecified atom stereocenters. The predicted octanol–water partition coefficient (Wildman–Crippen LogP) is 7.83. The van der Waals surface area contributed by atoms with Gasteiger partial charge in [-0.2, -0.15) is 18.3 Å². The number of phenolic OH excluding ortho intramolecular Hbond substituents is 1. The van der Waals surface area contributed by atoms with Gasteiger partial charge in [0.05, 0.1) is 11.3 Å². The summed E-state index contributed by atoms with van der Waals surface area (Å²) in [6.07, 6.45) is -3.78. The molecule has 5 nitrogen and oxygen atoms in total. The molecule has 3 aromatic carbocycles. The van der Waals surface area contributed by atoms with Gasteiger partial charge in [0.1, 0.15) is 23.8 Å². The third kappa shape index (κ3) is 7.29. The molecule has 3 aromatic rings. The Labute approximate surface area is 231 Å². The van der Waals surface area contributed by atoms with Crippen LogP contribution in [0.3, 0.4) is 0 Å². The number of aromatic hydroxyl groups is 1. The number of ether oxygens (including phenoxy) is 1. The van der Waals surface area contributed by atoms with E-state index >= 15 is 0 Å². The van der Waals surface area contributed by atoms with E-state index in [1.807, 2.05) is 31.2 Å². The van der Waals surface area contributed by atoms with Crippen molar-refractivity contribution in [2.75, 3.05) is 14.1 Å². The molecule has 0 spiro atoms. The van der Waals surface area contributed by atoms with Crippen LogP contribution in [0.4, 0.5) is 13.2 Å². The molecule has 0 atom stereocenters. The standard InChI is InChI=1S/C30H29ClF3N3O2/c1-18(2)25(16-27(35-4)30(32,33)34)24-14-15-26(39-17-20-6-12-23(31)13-7-20)28(29(24)38)22-10-8-21(9-11-22)19(3)37-36-5/h6-16,36,38H,1,17H2,2-5H3/b25-16+,35-27+,37-19-. The van der Waals surface area contributed by atoms with Crippen LogP contribution in [0.15, 0.2) is 89.0 Å². The quantitative estimate of drug-likeness (QED) is 0.161. The minimum Gasteiger partial charge on any atom is -0.507 e. The van der Waals surface area contributed by atoms with Gasteiger partial charge in [-0.25, -0.2) is 0 Å². The number of nitrogens with zero attached hydrogens (tertiary/aromatic N) is 2. The molecule has 204 valence electrons. The van der Waals surface area contributed by atoms with Gasteiger partial charge in [0.2, 0.25) is 0 Å². The van der Waals surface area contributed by atoms with Gasteiger partial charge in [0.15, 0.2) is 0 Å². The SMILES string of the molecule is C=C(C)/C(=C\C(=N/C)C(F)(F)F)c1ccc(OCc2ccc(Cl)cc2)c(-c2ccc(/C(C)=N\NC)cc2)c1O. The van der Waals surface area contributed by atoms with Crippen molar-refractivity contribution in [3.8, 4) is 22.6 Å². The monoisotopic (exact) mass is 555 g/mol. The lowest BCUT2D eigenvalue weighted by Crippen LogP contribution is -2.21. The molecule has 39 heavy (non-hydrogen) atoms. The van der Waals surface area contributed by atoms with Crippen molar-refractivity contribution in [3.05, 3.63) is 101 Å². The van der Waals surface area contributed by atoms with Crippen molar-refractivity contribution in [3.63, 3.8) is 0 Å². The fourth-order valence-electron chi connectivity index (χ4n) is 3.88. The fourth-order valence-corrected chi connectivity index (χ4v) is 4.01. The van der Waals surface area contributed by atoms with Gasteiger partial charge in [-0.15, -0.1) is 0 Å². The summed E-state index contributed by atoms with van der Waals surface area (Å²) in [5, 5.41) is 16.3. The molecule has 0 heterocycles. The van der Waals surface area contributed by atoms with Crippen LogP contribution in [0.1, 0.15) is 30.5 Å². The average Bonchev–Trinajstić information content (AvgIpc) is 2.89. The highest BCUT2D eigenvalue weighted by Gasteiger charge is 2.34. The van der Waals surface area contributed by atoms with Crippen LogP contribution in [0.2, 0.25) is 5.02 Å². The second kappa shape index (κ2) is 12.7. The van der Waals surface area contributed by atoms with Crippen LogP contribution in [0.25, 0.3) is 16.7 Å². The summed E-state index contributed by atoms with van der Waals surface area (Å²) in [5.41, 5.74) is 5.62. The summed E-state index contributed by atoms with van der Waals surface area (Å²) in [7, 11) is 2.76. The second-order valence-corrected chi connectivity index (χ2v) is 9.13. The van der Waals surface area contributed by atoms with E-state index in [9.17, 15) is 18.3 Å². The van der Waals surface area contributed by atoms with Crippen LogP contribution in [0.5, 0.6) is 11.5 Å². The molecule has 0 aromatic heterocycles. The summed E-state index contributed by atoms with van der Waals surface area (Å²) >= 11 is 5.98. The van der Waals surface area contributed by atoms with Crippen LogP contribution in [0, 0.1) is 0 Å². The van der Waals surface area contributed by atoms with Crippen molar-refractivity contribution < 1.29 is 23.0 Å². The van der Waals surface area contributed by atoms with Crippen LogP contribution in [-0.2, 0) is 6.61 Å². The van der Waals surface area contributed by atoms with Crippen molar-refractivity contribution in [2.24, 2.45) is 10.1 Å². The number of alkyl halides is 3. The normalized spacial score (nSPS) is 12.9. The third-order valence-electron chi connectivity index (χ3n) is 5.88. The summed E-state index contributed by atoms with van der Waals surface area (Å²) < 4.78 is 46.6. The lowest BCUT2D eigenvalue weighted by Gasteiger charge is -2.19. The highest BCUT2D eigenvalue weighted by atomic mass is 35.5. The number of rotatable bonds is 9. The zero-order chi connectivity index (χ0) is 28.7. The number of hydrogen-bond acceptors (Lipinski definition) is 5. The molecule has 0 amide bonds. The molecule has 0 aliphatic carbocycles. The average molecular weight is 556 g/mol. The van der Waals surface area contributed by atoms with E-state index in [4.69, 9.17) is 16.3 Å². The first-order chi connectivity index (χ1) is 18.5. The molecular weight excluding hydrogens is 527 g/mol.